The Balaban J connectivity index is 1.41. The summed E-state index contributed by atoms with van der Waals surface area (Å²) < 4.78 is 2.04. The van der Waals surface area contributed by atoms with Crippen molar-refractivity contribution in [1.82, 2.24) is 19.9 Å². The molecule has 4 heterocycles. The number of thiazole rings is 1. The van der Waals surface area contributed by atoms with E-state index in [4.69, 9.17) is 0 Å². The van der Waals surface area contributed by atoms with Crippen molar-refractivity contribution < 1.29 is 4.79 Å². The number of aromatic nitrogens is 3. The van der Waals surface area contributed by atoms with Gasteiger partial charge < -0.3 is 10.2 Å². The number of pyridine rings is 1. The molecule has 0 bridgehead atoms. The Bertz CT molecular complexity index is 912. The summed E-state index contributed by atoms with van der Waals surface area (Å²) in [7, 11) is 0. The third-order valence-electron chi connectivity index (χ3n) is 5.09. The number of hydrogen-bond donors (Lipinski definition) is 1. The lowest BCUT2D eigenvalue weighted by atomic mass is 10.0. The van der Waals surface area contributed by atoms with Crippen LogP contribution in [0.15, 0.2) is 42.0 Å². The molecule has 0 atom stereocenters. The van der Waals surface area contributed by atoms with Crippen molar-refractivity contribution in [1.29, 1.82) is 0 Å². The summed E-state index contributed by atoms with van der Waals surface area (Å²) in [6.45, 7) is 5.80. The molecule has 0 saturated carbocycles. The lowest BCUT2D eigenvalue weighted by molar-refractivity contribution is 0.0930. The van der Waals surface area contributed by atoms with E-state index in [1.54, 1.807) is 17.5 Å². The average molecular weight is 382 g/mol. The zero-order chi connectivity index (χ0) is 18.8. The first kappa shape index (κ1) is 17.7. The number of amides is 1. The molecule has 0 radical (unpaired) electrons. The lowest BCUT2D eigenvalue weighted by Gasteiger charge is -2.33. The van der Waals surface area contributed by atoms with Crippen LogP contribution < -0.4 is 10.2 Å². The number of piperidine rings is 1. The van der Waals surface area contributed by atoms with Crippen molar-refractivity contribution in [2.75, 3.05) is 18.0 Å². The van der Waals surface area contributed by atoms with Gasteiger partial charge in [-0.05, 0) is 44.9 Å². The Morgan fingerprint density at radius 2 is 2.00 bits per heavy atom. The number of rotatable bonds is 4. The van der Waals surface area contributed by atoms with Crippen LogP contribution in [-0.4, -0.2) is 39.6 Å². The van der Waals surface area contributed by atoms with Gasteiger partial charge in [-0.15, -0.1) is 11.3 Å². The second-order valence-corrected chi connectivity index (χ2v) is 7.73. The van der Waals surface area contributed by atoms with Crippen molar-refractivity contribution in [3.63, 3.8) is 0 Å². The molecule has 1 aliphatic rings. The van der Waals surface area contributed by atoms with E-state index in [9.17, 15) is 4.79 Å². The smallest absolute Gasteiger partial charge is 0.253 e. The number of aryl methyl sites for hydroxylation is 1. The molecular weight excluding hydrogens is 358 g/mol. The molecular formula is C20H23N5OS. The molecule has 0 aliphatic carbocycles. The van der Waals surface area contributed by atoms with E-state index in [0.717, 1.165) is 53.8 Å². The van der Waals surface area contributed by atoms with Crippen molar-refractivity contribution in [3.8, 4) is 5.13 Å². The van der Waals surface area contributed by atoms with Crippen LogP contribution in [0.5, 0.6) is 0 Å². The largest absolute Gasteiger partial charge is 0.356 e. The van der Waals surface area contributed by atoms with Gasteiger partial charge in [0.25, 0.3) is 5.91 Å². The second-order valence-electron chi connectivity index (χ2n) is 6.86. The molecule has 1 amide bonds. The highest BCUT2D eigenvalue weighted by Gasteiger charge is 2.24. The monoisotopic (exact) mass is 381 g/mol. The van der Waals surface area contributed by atoms with Gasteiger partial charge in [0.1, 0.15) is 5.82 Å². The van der Waals surface area contributed by atoms with E-state index in [-0.39, 0.29) is 11.9 Å². The molecule has 3 aromatic heterocycles. The maximum atomic E-state index is 12.9. The molecule has 0 unspecified atom stereocenters. The van der Waals surface area contributed by atoms with Gasteiger partial charge in [-0.25, -0.2) is 9.97 Å². The summed E-state index contributed by atoms with van der Waals surface area (Å²) in [4.78, 5) is 23.9. The van der Waals surface area contributed by atoms with E-state index in [1.807, 2.05) is 54.3 Å². The van der Waals surface area contributed by atoms with E-state index in [1.165, 1.54) is 0 Å². The highest BCUT2D eigenvalue weighted by Crippen LogP contribution is 2.23. The standard InChI is InChI=1S/C20H23N5OS/c1-14-13-17(15(2)25(14)20-22-9-12-27-20)19(26)23-16-6-10-24(11-7-16)18-5-3-4-8-21-18/h3-5,8-9,12-13,16H,6-7,10-11H2,1-2H3,(H,23,26). The molecule has 1 N–H and O–H groups in total. The normalized spacial score (nSPS) is 15.1. The van der Waals surface area contributed by atoms with Gasteiger partial charge in [0, 0.05) is 48.3 Å². The molecule has 3 aromatic rings. The van der Waals surface area contributed by atoms with E-state index < -0.39 is 0 Å². The molecule has 7 heteroatoms. The number of nitrogens with one attached hydrogen (secondary N) is 1. The van der Waals surface area contributed by atoms with E-state index in [2.05, 4.69) is 20.2 Å². The SMILES string of the molecule is Cc1cc(C(=O)NC2CCN(c3ccccn3)CC2)c(C)n1-c1nccs1. The predicted molar refractivity (Wildman–Crippen MR) is 108 cm³/mol. The van der Waals surface area contributed by atoms with Crippen molar-refractivity contribution >= 4 is 23.1 Å². The summed E-state index contributed by atoms with van der Waals surface area (Å²) in [6, 6.07) is 8.12. The third-order valence-corrected chi connectivity index (χ3v) is 5.85. The first-order valence-electron chi connectivity index (χ1n) is 9.19. The minimum atomic E-state index is 0.00203. The number of carbonyl (C=O) groups is 1. The average Bonchev–Trinajstić information content (AvgIpc) is 3.31. The summed E-state index contributed by atoms with van der Waals surface area (Å²) in [5, 5.41) is 6.06. The number of carbonyl (C=O) groups excluding carboxylic acids is 1. The Hall–Kier alpha value is -2.67. The van der Waals surface area contributed by atoms with Crippen LogP contribution in [0.2, 0.25) is 0 Å². The fraction of sp³-hybridized carbons (Fsp3) is 0.350. The van der Waals surface area contributed by atoms with E-state index in [0.29, 0.717) is 0 Å². The van der Waals surface area contributed by atoms with Crippen LogP contribution in [-0.2, 0) is 0 Å². The van der Waals surface area contributed by atoms with Crippen molar-refractivity contribution in [3.05, 3.63) is 59.0 Å². The fourth-order valence-electron chi connectivity index (χ4n) is 3.67. The summed E-state index contributed by atoms with van der Waals surface area (Å²) in [5.41, 5.74) is 2.69. The van der Waals surface area contributed by atoms with Crippen LogP contribution in [0.25, 0.3) is 5.13 Å². The van der Waals surface area contributed by atoms with Crippen LogP contribution in [0, 0.1) is 13.8 Å². The molecule has 27 heavy (non-hydrogen) atoms. The zero-order valence-corrected chi connectivity index (χ0v) is 16.4. The highest BCUT2D eigenvalue weighted by molar-refractivity contribution is 7.12. The minimum absolute atomic E-state index is 0.00203. The van der Waals surface area contributed by atoms with Gasteiger partial charge in [0.2, 0.25) is 0 Å². The quantitative estimate of drug-likeness (QED) is 0.753. The van der Waals surface area contributed by atoms with Crippen LogP contribution in [0.1, 0.15) is 34.6 Å². The van der Waals surface area contributed by atoms with Gasteiger partial charge in [-0.1, -0.05) is 6.07 Å². The molecule has 6 nitrogen and oxygen atoms in total. The molecule has 1 saturated heterocycles. The van der Waals surface area contributed by atoms with Gasteiger partial charge in [-0.3, -0.25) is 9.36 Å². The van der Waals surface area contributed by atoms with Crippen LogP contribution in [0.3, 0.4) is 0 Å². The third kappa shape index (κ3) is 3.60. The number of hydrogen-bond acceptors (Lipinski definition) is 5. The number of nitrogens with zero attached hydrogens (tertiary/aromatic N) is 4. The Morgan fingerprint density at radius 3 is 2.67 bits per heavy atom. The second kappa shape index (κ2) is 7.52. The molecule has 0 aromatic carbocycles. The van der Waals surface area contributed by atoms with E-state index >= 15 is 0 Å². The Kier molecular flexibility index (Phi) is 4.94. The van der Waals surface area contributed by atoms with Gasteiger partial charge in [0.05, 0.1) is 5.56 Å². The Morgan fingerprint density at radius 1 is 1.19 bits per heavy atom. The molecule has 140 valence electrons. The summed E-state index contributed by atoms with van der Waals surface area (Å²) in [6.07, 6.45) is 5.45. The molecule has 1 aliphatic heterocycles. The minimum Gasteiger partial charge on any atom is -0.356 e. The Labute approximate surface area is 162 Å². The first-order chi connectivity index (χ1) is 13.1. The molecule has 1 fully saturated rings. The van der Waals surface area contributed by atoms with Crippen molar-refractivity contribution in [2.45, 2.75) is 32.7 Å². The lowest BCUT2D eigenvalue weighted by Crippen LogP contribution is -2.45. The number of anilines is 1. The summed E-state index contributed by atoms with van der Waals surface area (Å²) in [5.74, 6) is 1.01. The summed E-state index contributed by atoms with van der Waals surface area (Å²) >= 11 is 1.57. The maximum Gasteiger partial charge on any atom is 0.253 e. The first-order valence-corrected chi connectivity index (χ1v) is 10.1. The fourth-order valence-corrected chi connectivity index (χ4v) is 4.42. The zero-order valence-electron chi connectivity index (χ0n) is 15.6. The van der Waals surface area contributed by atoms with Gasteiger partial charge >= 0.3 is 0 Å². The molecule has 4 rings (SSSR count). The van der Waals surface area contributed by atoms with Crippen molar-refractivity contribution in [2.24, 2.45) is 0 Å². The van der Waals surface area contributed by atoms with Crippen LogP contribution in [0.4, 0.5) is 5.82 Å². The maximum absolute atomic E-state index is 12.9. The molecule has 0 spiro atoms. The topological polar surface area (TPSA) is 63.1 Å². The van der Waals surface area contributed by atoms with Crippen LogP contribution >= 0.6 is 11.3 Å². The highest BCUT2D eigenvalue weighted by atomic mass is 32.1. The van der Waals surface area contributed by atoms with Gasteiger partial charge in [0.15, 0.2) is 5.13 Å². The predicted octanol–water partition coefficient (Wildman–Crippen LogP) is 3.34. The van der Waals surface area contributed by atoms with Gasteiger partial charge in [-0.2, -0.15) is 0 Å².